The van der Waals surface area contributed by atoms with Crippen LogP contribution in [0, 0.1) is 6.92 Å². The van der Waals surface area contributed by atoms with Gasteiger partial charge in [-0.05, 0) is 55.9 Å². The van der Waals surface area contributed by atoms with Crippen LogP contribution < -0.4 is 9.64 Å². The summed E-state index contributed by atoms with van der Waals surface area (Å²) in [5, 5.41) is 5.77. The van der Waals surface area contributed by atoms with E-state index in [0.29, 0.717) is 11.9 Å². The Morgan fingerprint density at radius 1 is 1.07 bits per heavy atom. The lowest BCUT2D eigenvalue weighted by atomic mass is 9.93. The van der Waals surface area contributed by atoms with E-state index in [4.69, 9.17) is 9.47 Å². The molecular weight excluding hydrogens is 366 g/mol. The number of ether oxygens (including phenoxy) is 2. The Balaban J connectivity index is 1.60. The van der Waals surface area contributed by atoms with Crippen LogP contribution in [-0.2, 0) is 4.74 Å². The number of hydrogen-bond donors (Lipinski definition) is 0. The molecule has 5 rings (SSSR count). The minimum Gasteiger partial charge on any atom is -0.467 e. The Morgan fingerprint density at radius 3 is 2.66 bits per heavy atom. The molecule has 2 fully saturated rings. The highest BCUT2D eigenvalue weighted by atomic mass is 16.5. The van der Waals surface area contributed by atoms with Crippen molar-refractivity contribution in [3.63, 3.8) is 0 Å². The molecule has 3 aromatic rings. The van der Waals surface area contributed by atoms with Gasteiger partial charge < -0.3 is 14.4 Å². The van der Waals surface area contributed by atoms with Crippen LogP contribution in [0.1, 0.15) is 42.7 Å². The van der Waals surface area contributed by atoms with Gasteiger partial charge in [0.2, 0.25) is 0 Å². The monoisotopic (exact) mass is 393 g/mol. The van der Waals surface area contributed by atoms with Crippen LogP contribution >= 0.6 is 0 Å². The van der Waals surface area contributed by atoms with Crippen LogP contribution in [0.3, 0.4) is 0 Å². The van der Waals surface area contributed by atoms with Crippen molar-refractivity contribution in [2.75, 3.05) is 38.3 Å². The standard InChI is InChI=1S/C22H27N5O2/c1-15-10-17-13-23-27(19(17)11-18(15)16-6-9-29-14-16)21-12-20(24-22(25-21)28-2)26-7-4-3-5-8-26/h10-13,16H,3-9,14H2,1-2H3. The normalized spacial score (nSPS) is 19.8. The third kappa shape index (κ3) is 3.44. The highest BCUT2D eigenvalue weighted by molar-refractivity contribution is 5.82. The van der Waals surface area contributed by atoms with Crippen LogP contribution in [0.15, 0.2) is 24.4 Å². The average molecular weight is 393 g/mol. The van der Waals surface area contributed by atoms with Crippen LogP contribution in [0.25, 0.3) is 16.7 Å². The quantitative estimate of drug-likeness (QED) is 0.674. The van der Waals surface area contributed by atoms with Crippen molar-refractivity contribution in [2.45, 2.75) is 38.5 Å². The average Bonchev–Trinajstić information content (AvgIpc) is 3.43. The van der Waals surface area contributed by atoms with Gasteiger partial charge in [0.05, 0.1) is 25.4 Å². The van der Waals surface area contributed by atoms with E-state index >= 15 is 0 Å². The maximum atomic E-state index is 5.62. The van der Waals surface area contributed by atoms with E-state index in [9.17, 15) is 0 Å². The zero-order valence-electron chi connectivity index (χ0n) is 17.1. The third-order valence-electron chi connectivity index (χ3n) is 6.08. The summed E-state index contributed by atoms with van der Waals surface area (Å²) in [4.78, 5) is 11.5. The summed E-state index contributed by atoms with van der Waals surface area (Å²) in [6.07, 6.45) is 6.65. The van der Waals surface area contributed by atoms with Gasteiger partial charge in [-0.25, -0.2) is 4.68 Å². The van der Waals surface area contributed by atoms with E-state index in [1.807, 2.05) is 16.9 Å². The van der Waals surface area contributed by atoms with Gasteiger partial charge in [0.25, 0.3) is 0 Å². The van der Waals surface area contributed by atoms with Gasteiger partial charge in [0.1, 0.15) is 5.82 Å². The molecule has 0 amide bonds. The summed E-state index contributed by atoms with van der Waals surface area (Å²) in [6, 6.07) is 6.88. The van der Waals surface area contributed by atoms with E-state index in [2.05, 4.69) is 39.0 Å². The van der Waals surface area contributed by atoms with E-state index in [-0.39, 0.29) is 0 Å². The molecule has 4 heterocycles. The minimum absolute atomic E-state index is 0.378. The van der Waals surface area contributed by atoms with E-state index in [1.54, 1.807) is 7.11 Å². The number of rotatable bonds is 4. The van der Waals surface area contributed by atoms with Gasteiger partial charge in [-0.3, -0.25) is 0 Å². The second kappa shape index (κ2) is 7.63. The molecule has 7 heteroatoms. The number of nitrogens with zero attached hydrogens (tertiary/aromatic N) is 5. The summed E-state index contributed by atoms with van der Waals surface area (Å²) >= 11 is 0. The molecule has 2 aliphatic heterocycles. The summed E-state index contributed by atoms with van der Waals surface area (Å²) < 4.78 is 12.9. The Hall–Kier alpha value is -2.67. The van der Waals surface area contributed by atoms with Crippen LogP contribution in [-0.4, -0.2) is 53.2 Å². The fourth-order valence-electron chi connectivity index (χ4n) is 4.49. The molecule has 1 aromatic carbocycles. The maximum Gasteiger partial charge on any atom is 0.320 e. The first-order valence-corrected chi connectivity index (χ1v) is 10.5. The molecule has 7 nitrogen and oxygen atoms in total. The minimum atomic E-state index is 0.378. The zero-order chi connectivity index (χ0) is 19.8. The lowest BCUT2D eigenvalue weighted by molar-refractivity contribution is 0.194. The molecule has 1 atom stereocenters. The largest absolute Gasteiger partial charge is 0.467 e. The number of methoxy groups -OCH3 is 1. The topological polar surface area (TPSA) is 65.3 Å². The van der Waals surface area contributed by atoms with E-state index < -0.39 is 0 Å². The van der Waals surface area contributed by atoms with Gasteiger partial charge >= 0.3 is 6.01 Å². The molecule has 0 bridgehead atoms. The molecule has 2 saturated heterocycles. The van der Waals surface area contributed by atoms with Crippen molar-refractivity contribution >= 4 is 16.7 Å². The predicted octanol–water partition coefficient (Wildman–Crippen LogP) is 3.63. The number of aryl methyl sites for hydroxylation is 1. The Labute approximate surface area is 170 Å². The van der Waals surface area contributed by atoms with E-state index in [0.717, 1.165) is 55.3 Å². The van der Waals surface area contributed by atoms with Gasteiger partial charge in [0, 0.05) is 37.1 Å². The van der Waals surface area contributed by atoms with Crippen molar-refractivity contribution in [2.24, 2.45) is 0 Å². The molecule has 0 spiro atoms. The molecule has 29 heavy (non-hydrogen) atoms. The van der Waals surface area contributed by atoms with Crippen LogP contribution in [0.4, 0.5) is 5.82 Å². The smallest absolute Gasteiger partial charge is 0.320 e. The molecule has 0 N–H and O–H groups in total. The molecule has 0 aliphatic carbocycles. The first kappa shape index (κ1) is 18.4. The summed E-state index contributed by atoms with van der Waals surface area (Å²) in [5.74, 6) is 2.10. The van der Waals surface area contributed by atoms with Crippen molar-refractivity contribution in [1.82, 2.24) is 19.7 Å². The lowest BCUT2D eigenvalue weighted by Gasteiger charge is -2.28. The first-order valence-electron chi connectivity index (χ1n) is 10.5. The Bertz CT molecular complexity index is 1020. The number of fused-ring (bicyclic) bond motifs is 1. The molecular formula is C22H27N5O2. The van der Waals surface area contributed by atoms with Crippen molar-refractivity contribution < 1.29 is 9.47 Å². The summed E-state index contributed by atoms with van der Waals surface area (Å²) in [5.41, 5.74) is 3.69. The summed E-state index contributed by atoms with van der Waals surface area (Å²) in [6.45, 7) is 5.84. The van der Waals surface area contributed by atoms with Crippen molar-refractivity contribution in [1.29, 1.82) is 0 Å². The van der Waals surface area contributed by atoms with Gasteiger partial charge in [0.15, 0.2) is 5.82 Å². The molecule has 152 valence electrons. The molecule has 2 aliphatic rings. The highest BCUT2D eigenvalue weighted by Gasteiger charge is 2.22. The third-order valence-corrected chi connectivity index (χ3v) is 6.08. The zero-order valence-corrected chi connectivity index (χ0v) is 17.1. The second-order valence-corrected chi connectivity index (χ2v) is 8.00. The molecule has 0 saturated carbocycles. The van der Waals surface area contributed by atoms with Gasteiger partial charge in [-0.15, -0.1) is 0 Å². The van der Waals surface area contributed by atoms with Crippen LogP contribution in [0.5, 0.6) is 6.01 Å². The second-order valence-electron chi connectivity index (χ2n) is 8.00. The lowest BCUT2D eigenvalue weighted by Crippen LogP contribution is -2.30. The Kier molecular flexibility index (Phi) is 4.83. The Morgan fingerprint density at radius 2 is 1.90 bits per heavy atom. The van der Waals surface area contributed by atoms with E-state index in [1.165, 1.54) is 30.4 Å². The molecule has 0 radical (unpaired) electrons. The molecule has 2 aromatic heterocycles. The SMILES string of the molecule is COc1nc(N2CCCCC2)cc(-n2ncc3cc(C)c(C4CCOC4)cc32)n1. The van der Waals surface area contributed by atoms with Crippen LogP contribution in [0.2, 0.25) is 0 Å². The number of benzene rings is 1. The fourth-order valence-corrected chi connectivity index (χ4v) is 4.49. The number of hydrogen-bond acceptors (Lipinski definition) is 6. The maximum absolute atomic E-state index is 5.62. The van der Waals surface area contributed by atoms with Crippen molar-refractivity contribution in [3.05, 3.63) is 35.5 Å². The summed E-state index contributed by atoms with van der Waals surface area (Å²) in [7, 11) is 1.61. The number of piperidine rings is 1. The number of aromatic nitrogens is 4. The highest BCUT2D eigenvalue weighted by Crippen LogP contribution is 2.32. The molecule has 1 unspecified atom stereocenters. The number of anilines is 1. The van der Waals surface area contributed by atoms with Gasteiger partial charge in [-0.2, -0.15) is 15.1 Å². The van der Waals surface area contributed by atoms with Crippen molar-refractivity contribution in [3.8, 4) is 11.8 Å². The predicted molar refractivity (Wildman–Crippen MR) is 112 cm³/mol. The fraction of sp³-hybridized carbons (Fsp3) is 0.500. The first-order chi connectivity index (χ1) is 14.2. The van der Waals surface area contributed by atoms with Gasteiger partial charge in [-0.1, -0.05) is 0 Å².